The van der Waals surface area contributed by atoms with E-state index in [1.165, 1.54) is 14.2 Å². The summed E-state index contributed by atoms with van der Waals surface area (Å²) in [6, 6.07) is 8.75. The van der Waals surface area contributed by atoms with Gasteiger partial charge in [0.05, 0.1) is 31.9 Å². The quantitative estimate of drug-likeness (QED) is 0.705. The Morgan fingerprint density at radius 1 is 1.32 bits per heavy atom. The molecule has 2 aromatic heterocycles. The van der Waals surface area contributed by atoms with Crippen molar-refractivity contribution in [3.8, 4) is 11.6 Å². The van der Waals surface area contributed by atoms with Crippen molar-refractivity contribution in [3.63, 3.8) is 0 Å². The van der Waals surface area contributed by atoms with Crippen LogP contribution in [-0.4, -0.2) is 48.1 Å². The summed E-state index contributed by atoms with van der Waals surface area (Å²) < 4.78 is 17.9. The van der Waals surface area contributed by atoms with E-state index in [9.17, 15) is 4.79 Å². The van der Waals surface area contributed by atoms with E-state index in [0.29, 0.717) is 28.9 Å². The summed E-state index contributed by atoms with van der Waals surface area (Å²) in [5.41, 5.74) is 1.20. The lowest BCUT2D eigenvalue weighted by Gasteiger charge is -2.09. The van der Waals surface area contributed by atoms with Crippen LogP contribution < -0.4 is 14.8 Å². The van der Waals surface area contributed by atoms with Gasteiger partial charge in [0.1, 0.15) is 11.6 Å². The molecule has 0 radical (unpaired) electrons. The van der Waals surface area contributed by atoms with Crippen LogP contribution in [0.3, 0.4) is 0 Å². The molecule has 1 N–H and O–H groups in total. The van der Waals surface area contributed by atoms with E-state index < -0.39 is 0 Å². The summed E-state index contributed by atoms with van der Waals surface area (Å²) in [6.07, 6.45) is 2.99. The Bertz CT molecular complexity index is 995. The summed E-state index contributed by atoms with van der Waals surface area (Å²) in [6.45, 7) is 2.37. The number of carbonyl (C=O) groups excluding carboxylic acids is 1. The Kier molecular flexibility index (Phi) is 5.12. The summed E-state index contributed by atoms with van der Waals surface area (Å²) in [7, 11) is 3.06. The molecule has 1 saturated heterocycles. The standard InChI is InChI=1S/C20H22N4O4/c1-26-17-9-16-14(11-24(23-16)10-13-6-7-28-12-13)8-15(17)20(25)22-18-4-3-5-19(21-18)27-2/h3-5,8-9,11,13H,6-7,10,12H2,1-2H3,(H,21,22,25). The topological polar surface area (TPSA) is 87.5 Å². The Labute approximate surface area is 162 Å². The monoisotopic (exact) mass is 382 g/mol. The highest BCUT2D eigenvalue weighted by atomic mass is 16.5. The van der Waals surface area contributed by atoms with Gasteiger partial charge in [-0.1, -0.05) is 6.07 Å². The van der Waals surface area contributed by atoms with Crippen LogP contribution >= 0.6 is 0 Å². The van der Waals surface area contributed by atoms with Crippen molar-refractivity contribution in [2.24, 2.45) is 5.92 Å². The minimum absolute atomic E-state index is 0.309. The lowest BCUT2D eigenvalue weighted by Crippen LogP contribution is -2.14. The molecular formula is C20H22N4O4. The van der Waals surface area contributed by atoms with Gasteiger partial charge in [-0.15, -0.1) is 0 Å². The number of anilines is 1. The molecule has 0 saturated carbocycles. The third-order valence-electron chi connectivity index (χ3n) is 4.76. The number of nitrogens with zero attached hydrogens (tertiary/aromatic N) is 3. The van der Waals surface area contributed by atoms with Crippen LogP contribution in [0.15, 0.2) is 36.5 Å². The maximum atomic E-state index is 12.8. The van der Waals surface area contributed by atoms with Gasteiger partial charge in [0.15, 0.2) is 0 Å². The van der Waals surface area contributed by atoms with Gasteiger partial charge < -0.3 is 19.5 Å². The van der Waals surface area contributed by atoms with Crippen LogP contribution in [0.2, 0.25) is 0 Å². The molecule has 0 aliphatic carbocycles. The zero-order valence-corrected chi connectivity index (χ0v) is 15.8. The van der Waals surface area contributed by atoms with Crippen LogP contribution in [0.25, 0.3) is 10.9 Å². The van der Waals surface area contributed by atoms with Crippen molar-refractivity contribution < 1.29 is 19.0 Å². The van der Waals surface area contributed by atoms with E-state index in [4.69, 9.17) is 14.2 Å². The third kappa shape index (κ3) is 3.77. The van der Waals surface area contributed by atoms with Crippen LogP contribution in [0, 0.1) is 5.92 Å². The molecule has 0 bridgehead atoms. The molecule has 1 aliphatic rings. The fourth-order valence-corrected chi connectivity index (χ4v) is 3.32. The lowest BCUT2D eigenvalue weighted by atomic mass is 10.1. The summed E-state index contributed by atoms with van der Waals surface area (Å²) in [5.74, 6) is 1.46. The van der Waals surface area contributed by atoms with Gasteiger partial charge in [-0.25, -0.2) is 0 Å². The molecule has 8 heteroatoms. The number of carbonyl (C=O) groups is 1. The zero-order chi connectivity index (χ0) is 19.5. The highest BCUT2D eigenvalue weighted by Crippen LogP contribution is 2.27. The molecule has 1 fully saturated rings. The number of fused-ring (bicyclic) bond motifs is 1. The molecule has 1 atom stereocenters. The predicted molar refractivity (Wildman–Crippen MR) is 104 cm³/mol. The van der Waals surface area contributed by atoms with Gasteiger partial charge in [0.2, 0.25) is 5.88 Å². The normalized spacial score (nSPS) is 16.3. The summed E-state index contributed by atoms with van der Waals surface area (Å²) >= 11 is 0. The lowest BCUT2D eigenvalue weighted by molar-refractivity contribution is 0.102. The summed E-state index contributed by atoms with van der Waals surface area (Å²) in [4.78, 5) is 17.0. The van der Waals surface area contributed by atoms with E-state index in [-0.39, 0.29) is 5.91 Å². The van der Waals surface area contributed by atoms with E-state index in [1.54, 1.807) is 30.3 Å². The van der Waals surface area contributed by atoms with Crippen LogP contribution in [0.5, 0.6) is 11.6 Å². The number of amides is 1. The Balaban J connectivity index is 1.60. The van der Waals surface area contributed by atoms with Crippen molar-refractivity contribution in [1.29, 1.82) is 0 Å². The maximum Gasteiger partial charge on any atom is 0.260 e. The van der Waals surface area contributed by atoms with Crippen LogP contribution in [0.1, 0.15) is 16.8 Å². The fourth-order valence-electron chi connectivity index (χ4n) is 3.32. The molecule has 1 aromatic carbocycles. The minimum atomic E-state index is -0.309. The molecule has 1 unspecified atom stereocenters. The molecular weight excluding hydrogens is 360 g/mol. The van der Waals surface area contributed by atoms with Crippen molar-refractivity contribution in [2.75, 3.05) is 32.8 Å². The number of hydrogen-bond donors (Lipinski definition) is 1. The van der Waals surface area contributed by atoms with Gasteiger partial charge in [0.25, 0.3) is 5.91 Å². The largest absolute Gasteiger partial charge is 0.496 e. The second kappa shape index (κ2) is 7.85. The zero-order valence-electron chi connectivity index (χ0n) is 15.8. The van der Waals surface area contributed by atoms with Crippen LogP contribution in [-0.2, 0) is 11.3 Å². The summed E-state index contributed by atoms with van der Waals surface area (Å²) in [5, 5.41) is 8.27. The average Bonchev–Trinajstić information content (AvgIpc) is 3.36. The number of ether oxygens (including phenoxy) is 3. The second-order valence-electron chi connectivity index (χ2n) is 6.71. The van der Waals surface area contributed by atoms with Gasteiger partial charge in [-0.3, -0.25) is 9.48 Å². The van der Waals surface area contributed by atoms with Crippen molar-refractivity contribution in [1.82, 2.24) is 14.8 Å². The van der Waals surface area contributed by atoms with E-state index in [1.807, 2.05) is 10.9 Å². The van der Waals surface area contributed by atoms with Gasteiger partial charge in [-0.05, 0) is 18.6 Å². The molecule has 146 valence electrons. The first-order chi connectivity index (χ1) is 13.7. The first-order valence-corrected chi connectivity index (χ1v) is 9.11. The predicted octanol–water partition coefficient (Wildman–Crippen LogP) is 2.74. The highest BCUT2D eigenvalue weighted by molar-refractivity contribution is 6.08. The maximum absolute atomic E-state index is 12.8. The Morgan fingerprint density at radius 3 is 2.96 bits per heavy atom. The van der Waals surface area contributed by atoms with Crippen molar-refractivity contribution >= 4 is 22.6 Å². The number of hydrogen-bond acceptors (Lipinski definition) is 6. The van der Waals surface area contributed by atoms with Crippen molar-refractivity contribution in [3.05, 3.63) is 42.1 Å². The van der Waals surface area contributed by atoms with E-state index in [2.05, 4.69) is 15.4 Å². The molecule has 3 aromatic rings. The SMILES string of the molecule is COc1cccc(NC(=O)c2cc3cn(CC4CCOC4)nc3cc2OC)n1. The number of aromatic nitrogens is 3. The molecule has 1 amide bonds. The molecule has 3 heterocycles. The van der Waals surface area contributed by atoms with E-state index in [0.717, 1.165) is 37.1 Å². The fraction of sp³-hybridized carbons (Fsp3) is 0.350. The molecule has 1 aliphatic heterocycles. The smallest absolute Gasteiger partial charge is 0.260 e. The van der Waals surface area contributed by atoms with Gasteiger partial charge in [-0.2, -0.15) is 10.1 Å². The highest BCUT2D eigenvalue weighted by Gasteiger charge is 2.19. The Morgan fingerprint density at radius 2 is 2.21 bits per heavy atom. The molecule has 0 spiro atoms. The minimum Gasteiger partial charge on any atom is -0.496 e. The molecule has 8 nitrogen and oxygen atoms in total. The number of rotatable bonds is 6. The molecule has 4 rings (SSSR count). The number of benzene rings is 1. The van der Waals surface area contributed by atoms with Crippen LogP contribution in [0.4, 0.5) is 5.82 Å². The van der Waals surface area contributed by atoms with Crippen molar-refractivity contribution in [2.45, 2.75) is 13.0 Å². The second-order valence-corrected chi connectivity index (χ2v) is 6.71. The first kappa shape index (κ1) is 18.2. The number of nitrogens with one attached hydrogen (secondary N) is 1. The third-order valence-corrected chi connectivity index (χ3v) is 4.76. The average molecular weight is 382 g/mol. The molecule has 28 heavy (non-hydrogen) atoms. The number of methoxy groups -OCH3 is 2. The van der Waals surface area contributed by atoms with Gasteiger partial charge >= 0.3 is 0 Å². The van der Waals surface area contributed by atoms with E-state index >= 15 is 0 Å². The first-order valence-electron chi connectivity index (χ1n) is 9.11. The van der Waals surface area contributed by atoms with Gasteiger partial charge in [0, 0.05) is 42.8 Å². The number of pyridine rings is 1. The Hall–Kier alpha value is -3.13.